The zero-order valence-corrected chi connectivity index (χ0v) is 11.4. The quantitative estimate of drug-likeness (QED) is 0.532. The number of benzene rings is 1. The van der Waals surface area contributed by atoms with Crippen molar-refractivity contribution < 1.29 is 0 Å². The predicted molar refractivity (Wildman–Crippen MR) is 66.3 cm³/mol. The van der Waals surface area contributed by atoms with Crippen LogP contribution in [0.1, 0.15) is 20.8 Å². The lowest BCUT2D eigenvalue weighted by Gasteiger charge is -2.34. The second kappa shape index (κ2) is 3.58. The molecule has 13 heavy (non-hydrogen) atoms. The third-order valence-electron chi connectivity index (χ3n) is 2.72. The van der Waals surface area contributed by atoms with Gasteiger partial charge in [0.1, 0.15) is 0 Å². The maximum absolute atomic E-state index is 3.95. The molecule has 0 nitrogen and oxygen atoms in total. The molecular formula is C11H17BrSi. The van der Waals surface area contributed by atoms with Gasteiger partial charge in [0, 0.05) is 0 Å². The van der Waals surface area contributed by atoms with Gasteiger partial charge in [-0.1, -0.05) is 57.7 Å². The average molecular weight is 257 g/mol. The van der Waals surface area contributed by atoms with Crippen LogP contribution in [0.3, 0.4) is 0 Å². The summed E-state index contributed by atoms with van der Waals surface area (Å²) < 4.78 is 0. The van der Waals surface area contributed by atoms with E-state index in [9.17, 15) is 0 Å². The molecule has 0 aliphatic rings. The Bertz CT molecular complexity index is 272. The van der Waals surface area contributed by atoms with E-state index in [0.29, 0.717) is 5.04 Å². The molecule has 1 rings (SSSR count). The van der Waals surface area contributed by atoms with Crippen LogP contribution in [0.25, 0.3) is 0 Å². The Morgan fingerprint density at radius 1 is 1.08 bits per heavy atom. The molecule has 0 radical (unpaired) electrons. The van der Waals surface area contributed by atoms with Gasteiger partial charge in [0.2, 0.25) is 0 Å². The van der Waals surface area contributed by atoms with Gasteiger partial charge >= 0.3 is 0 Å². The van der Waals surface area contributed by atoms with Gasteiger partial charge in [-0.25, -0.2) is 0 Å². The average Bonchev–Trinajstić information content (AvgIpc) is 2.04. The molecule has 0 heterocycles. The van der Waals surface area contributed by atoms with E-state index < -0.39 is 6.69 Å². The summed E-state index contributed by atoms with van der Waals surface area (Å²) >= 11 is 3.95. The van der Waals surface area contributed by atoms with E-state index in [0.717, 1.165) is 0 Å². The number of halogens is 1. The summed E-state index contributed by atoms with van der Waals surface area (Å²) in [7, 11) is 0. The number of rotatable bonds is 1. The normalized spacial score (nSPS) is 16.7. The fourth-order valence-corrected chi connectivity index (χ4v) is 3.66. The first-order valence-corrected chi connectivity index (χ1v) is 9.36. The minimum Gasteiger partial charge on any atom is -0.120 e. The molecular weight excluding hydrogens is 240 g/mol. The Kier molecular flexibility index (Phi) is 3.03. The van der Waals surface area contributed by atoms with Gasteiger partial charge < -0.3 is 0 Å². The molecule has 0 spiro atoms. The van der Waals surface area contributed by atoms with E-state index in [1.165, 1.54) is 5.19 Å². The van der Waals surface area contributed by atoms with Gasteiger partial charge in [-0.15, -0.1) is 15.3 Å². The van der Waals surface area contributed by atoms with Crippen LogP contribution in [0, 0.1) is 0 Å². The Hall–Kier alpha value is -0.0831. The second-order valence-electron chi connectivity index (χ2n) is 4.62. The van der Waals surface area contributed by atoms with Gasteiger partial charge in [0.25, 0.3) is 0 Å². The van der Waals surface area contributed by atoms with Crippen LogP contribution < -0.4 is 5.19 Å². The summed E-state index contributed by atoms with van der Waals surface area (Å²) in [5.74, 6) is 0. The highest BCUT2D eigenvalue weighted by atomic mass is 79.9. The molecule has 72 valence electrons. The highest BCUT2D eigenvalue weighted by Gasteiger charge is 2.39. The minimum atomic E-state index is -1.47. The number of hydrogen-bond donors (Lipinski definition) is 0. The monoisotopic (exact) mass is 256 g/mol. The van der Waals surface area contributed by atoms with E-state index in [1.54, 1.807) is 0 Å². The second-order valence-corrected chi connectivity index (χ2v) is 13.5. The zero-order chi connectivity index (χ0) is 10.1. The Morgan fingerprint density at radius 2 is 1.54 bits per heavy atom. The molecule has 1 atom stereocenters. The molecule has 0 aliphatic carbocycles. The lowest BCUT2D eigenvalue weighted by molar-refractivity contribution is 0.742. The van der Waals surface area contributed by atoms with Crippen molar-refractivity contribution >= 4 is 27.2 Å². The first kappa shape index (κ1) is 11.0. The molecule has 1 aromatic rings. The van der Waals surface area contributed by atoms with E-state index in [1.807, 2.05) is 0 Å². The van der Waals surface area contributed by atoms with Crippen LogP contribution in [-0.4, -0.2) is 6.69 Å². The van der Waals surface area contributed by atoms with Crippen molar-refractivity contribution in [2.24, 2.45) is 0 Å². The van der Waals surface area contributed by atoms with Gasteiger partial charge in [0.15, 0.2) is 6.69 Å². The van der Waals surface area contributed by atoms with Crippen LogP contribution in [0.2, 0.25) is 11.6 Å². The van der Waals surface area contributed by atoms with E-state index in [-0.39, 0.29) is 0 Å². The van der Waals surface area contributed by atoms with Crippen molar-refractivity contribution in [3.63, 3.8) is 0 Å². The molecule has 0 fully saturated rings. The molecule has 0 N–H and O–H groups in total. The van der Waals surface area contributed by atoms with Crippen molar-refractivity contribution in [1.82, 2.24) is 0 Å². The summed E-state index contributed by atoms with van der Waals surface area (Å²) in [5, 5.41) is 1.83. The smallest absolute Gasteiger partial charge is 0.120 e. The zero-order valence-electron chi connectivity index (χ0n) is 8.76. The van der Waals surface area contributed by atoms with Crippen molar-refractivity contribution in [2.75, 3.05) is 0 Å². The molecule has 1 unspecified atom stereocenters. The summed E-state index contributed by atoms with van der Waals surface area (Å²) in [5.41, 5.74) is 0. The summed E-state index contributed by atoms with van der Waals surface area (Å²) in [4.78, 5) is 0. The fourth-order valence-electron chi connectivity index (χ4n) is 1.18. The van der Waals surface area contributed by atoms with Crippen LogP contribution >= 0.6 is 15.3 Å². The first-order chi connectivity index (χ1) is 5.86. The summed E-state index contributed by atoms with van der Waals surface area (Å²) in [6, 6.07) is 10.8. The van der Waals surface area contributed by atoms with Gasteiger partial charge in [-0.2, -0.15) is 0 Å². The molecule has 0 amide bonds. The van der Waals surface area contributed by atoms with Gasteiger partial charge in [-0.3, -0.25) is 0 Å². The van der Waals surface area contributed by atoms with E-state index in [2.05, 4.69) is 72.9 Å². The number of hydrogen-bond acceptors (Lipinski definition) is 0. The van der Waals surface area contributed by atoms with Gasteiger partial charge in [-0.05, 0) is 10.2 Å². The lowest BCUT2D eigenvalue weighted by Crippen LogP contribution is -2.46. The van der Waals surface area contributed by atoms with E-state index >= 15 is 0 Å². The molecule has 0 aliphatic heterocycles. The molecule has 0 bridgehead atoms. The lowest BCUT2D eigenvalue weighted by atomic mass is 10.2. The highest BCUT2D eigenvalue weighted by Crippen LogP contribution is 2.39. The van der Waals surface area contributed by atoms with Crippen molar-refractivity contribution in [2.45, 2.75) is 32.4 Å². The third kappa shape index (κ3) is 2.23. The topological polar surface area (TPSA) is 0 Å². The van der Waals surface area contributed by atoms with Crippen LogP contribution in [0.4, 0.5) is 0 Å². The molecule has 1 aromatic carbocycles. The van der Waals surface area contributed by atoms with Crippen LogP contribution in [-0.2, 0) is 0 Å². The van der Waals surface area contributed by atoms with Crippen LogP contribution in [0.5, 0.6) is 0 Å². The Labute approximate surface area is 90.0 Å². The molecule has 0 saturated heterocycles. The maximum Gasteiger partial charge on any atom is 0.162 e. The Balaban J connectivity index is 3.08. The van der Waals surface area contributed by atoms with E-state index in [4.69, 9.17) is 0 Å². The van der Waals surface area contributed by atoms with Crippen molar-refractivity contribution in [3.8, 4) is 0 Å². The Morgan fingerprint density at radius 3 is 1.92 bits per heavy atom. The molecule has 2 heteroatoms. The van der Waals surface area contributed by atoms with Gasteiger partial charge in [0.05, 0.1) is 0 Å². The standard InChI is InChI=1S/C11H17BrSi/c1-11(2,3)13(4,12)10-8-6-5-7-9-10/h5-9H,1-4H3. The van der Waals surface area contributed by atoms with Crippen LogP contribution in [0.15, 0.2) is 30.3 Å². The SMILES string of the molecule is CC(C)(C)[Si](C)(Br)c1ccccc1. The minimum absolute atomic E-state index is 0.356. The maximum atomic E-state index is 3.95. The molecule has 0 saturated carbocycles. The third-order valence-corrected chi connectivity index (χ3v) is 11.9. The summed E-state index contributed by atoms with van der Waals surface area (Å²) in [6.45, 7) is 7.81. The summed E-state index contributed by atoms with van der Waals surface area (Å²) in [6.07, 6.45) is 0. The van der Waals surface area contributed by atoms with Crippen molar-refractivity contribution in [3.05, 3.63) is 30.3 Å². The fraction of sp³-hybridized carbons (Fsp3) is 0.455. The van der Waals surface area contributed by atoms with Crippen molar-refractivity contribution in [1.29, 1.82) is 0 Å². The predicted octanol–water partition coefficient (Wildman–Crippen LogP) is 3.66. The first-order valence-electron chi connectivity index (χ1n) is 4.60. The largest absolute Gasteiger partial charge is 0.162 e. The molecule has 0 aromatic heterocycles. The highest BCUT2D eigenvalue weighted by molar-refractivity contribution is 9.26.